The van der Waals surface area contributed by atoms with Gasteiger partial charge in [-0.05, 0) is 62.1 Å². The van der Waals surface area contributed by atoms with E-state index in [1.807, 2.05) is 20.8 Å². The van der Waals surface area contributed by atoms with E-state index < -0.39 is 29.3 Å². The second-order valence-electron chi connectivity index (χ2n) is 8.56. The number of rotatable bonds is 7. The van der Waals surface area contributed by atoms with Gasteiger partial charge in [0, 0.05) is 11.2 Å². The van der Waals surface area contributed by atoms with Crippen molar-refractivity contribution in [1.29, 1.82) is 0 Å². The fourth-order valence-electron chi connectivity index (χ4n) is 3.35. The average molecular weight is 482 g/mol. The number of hydrogen-bond donors (Lipinski definition) is 3. The second kappa shape index (κ2) is 9.92. The third-order valence-electron chi connectivity index (χ3n) is 4.85. The first-order chi connectivity index (χ1) is 16.0. The van der Waals surface area contributed by atoms with Crippen molar-refractivity contribution in [3.05, 3.63) is 70.7 Å². The first kappa shape index (κ1) is 24.7. The number of carbonyl (C=O) groups is 3. The van der Waals surface area contributed by atoms with Gasteiger partial charge in [0.05, 0.1) is 12.8 Å². The summed E-state index contributed by atoms with van der Waals surface area (Å²) in [6.07, 6.45) is 0. The Morgan fingerprint density at radius 2 is 1.68 bits per heavy atom. The molecular formula is C24H27N5O4S. The molecule has 1 heterocycles. The Kier molecular flexibility index (Phi) is 7.21. The predicted molar refractivity (Wildman–Crippen MR) is 132 cm³/mol. The third-order valence-corrected chi connectivity index (χ3v) is 5.70. The monoisotopic (exact) mass is 481 g/mol. The van der Waals surface area contributed by atoms with E-state index in [4.69, 9.17) is 16.2 Å². The maximum atomic E-state index is 13.9. The van der Waals surface area contributed by atoms with Crippen molar-refractivity contribution < 1.29 is 19.1 Å². The first-order valence-electron chi connectivity index (χ1n) is 10.4. The standard InChI is InChI=1S/C24H27N5O4S/c1-24(2,3)27-22(31)19(14-10-12-16(33-4)13-11-14)29(15-8-6-5-7-9-15)23(32)20-17(25)18(21(26)30)28-34-20/h5-13,19H,25H2,1-4H3,(H2,26,30)(H,27,31)/t19-/m0/s1. The molecular weight excluding hydrogens is 454 g/mol. The summed E-state index contributed by atoms with van der Waals surface area (Å²) in [6, 6.07) is 14.6. The third kappa shape index (κ3) is 5.34. The van der Waals surface area contributed by atoms with Crippen LogP contribution in [0.1, 0.15) is 52.5 Å². The zero-order valence-corrected chi connectivity index (χ0v) is 20.2. The molecule has 0 spiro atoms. The van der Waals surface area contributed by atoms with Gasteiger partial charge in [-0.15, -0.1) is 0 Å². The number of methoxy groups -OCH3 is 1. The van der Waals surface area contributed by atoms with E-state index in [1.165, 1.54) is 4.90 Å². The van der Waals surface area contributed by atoms with Crippen LogP contribution >= 0.6 is 11.5 Å². The SMILES string of the molecule is COc1ccc([C@@H](C(=O)NC(C)(C)C)N(C(=O)c2snc(C(N)=O)c2N)c2ccccc2)cc1. The molecule has 178 valence electrons. The minimum absolute atomic E-state index is 0.0136. The number of ether oxygens (including phenoxy) is 1. The second-order valence-corrected chi connectivity index (χ2v) is 9.34. The molecule has 1 aromatic heterocycles. The summed E-state index contributed by atoms with van der Waals surface area (Å²) in [5, 5.41) is 2.96. The van der Waals surface area contributed by atoms with Crippen molar-refractivity contribution >= 4 is 40.6 Å². The molecule has 3 aromatic rings. The Morgan fingerprint density at radius 3 is 2.18 bits per heavy atom. The van der Waals surface area contributed by atoms with Gasteiger partial charge in [0.1, 0.15) is 16.7 Å². The lowest BCUT2D eigenvalue weighted by Gasteiger charge is -2.33. The Hall–Kier alpha value is -3.92. The predicted octanol–water partition coefficient (Wildman–Crippen LogP) is 3.14. The summed E-state index contributed by atoms with van der Waals surface area (Å²) < 4.78 is 9.19. The highest BCUT2D eigenvalue weighted by Gasteiger charge is 2.37. The number of nitrogens with zero attached hydrogens (tertiary/aromatic N) is 2. The van der Waals surface area contributed by atoms with Crippen LogP contribution in [0.4, 0.5) is 11.4 Å². The molecule has 0 unspecified atom stereocenters. The summed E-state index contributed by atoms with van der Waals surface area (Å²) in [5.41, 5.74) is 11.6. The minimum atomic E-state index is -1.06. The number of primary amides is 1. The maximum absolute atomic E-state index is 13.9. The number of carbonyl (C=O) groups excluding carboxylic acids is 3. The highest BCUT2D eigenvalue weighted by Crippen LogP contribution is 2.33. The van der Waals surface area contributed by atoms with Gasteiger partial charge >= 0.3 is 0 Å². The summed E-state index contributed by atoms with van der Waals surface area (Å²) in [6.45, 7) is 5.56. The summed E-state index contributed by atoms with van der Waals surface area (Å²) in [4.78, 5) is 40.5. The van der Waals surface area contributed by atoms with Crippen LogP contribution in [0.15, 0.2) is 54.6 Å². The Bertz CT molecular complexity index is 1190. The largest absolute Gasteiger partial charge is 0.497 e. The first-order valence-corrected chi connectivity index (χ1v) is 11.2. The molecule has 0 aliphatic carbocycles. The zero-order valence-electron chi connectivity index (χ0n) is 19.4. The van der Waals surface area contributed by atoms with Crippen LogP contribution < -0.4 is 26.4 Å². The zero-order chi connectivity index (χ0) is 25.0. The number of nitrogens with two attached hydrogens (primary N) is 2. The van der Waals surface area contributed by atoms with Gasteiger partial charge < -0.3 is 21.5 Å². The summed E-state index contributed by atoms with van der Waals surface area (Å²) in [5.74, 6) is -1.21. The molecule has 2 aromatic carbocycles. The molecule has 9 nitrogen and oxygen atoms in total. The molecule has 0 saturated carbocycles. The van der Waals surface area contributed by atoms with Crippen molar-refractivity contribution in [3.63, 3.8) is 0 Å². The molecule has 3 rings (SSSR count). The summed E-state index contributed by atoms with van der Waals surface area (Å²) in [7, 11) is 1.54. The van der Waals surface area contributed by atoms with Gasteiger partial charge in [0.15, 0.2) is 5.69 Å². The molecule has 34 heavy (non-hydrogen) atoms. The molecule has 0 fully saturated rings. The lowest BCUT2D eigenvalue weighted by Crippen LogP contribution is -2.49. The van der Waals surface area contributed by atoms with Gasteiger partial charge in [0.25, 0.3) is 11.8 Å². The minimum Gasteiger partial charge on any atom is -0.497 e. The van der Waals surface area contributed by atoms with Gasteiger partial charge in [-0.25, -0.2) is 0 Å². The van der Waals surface area contributed by atoms with Crippen LogP contribution in [0.2, 0.25) is 0 Å². The molecule has 10 heteroatoms. The van der Waals surface area contributed by atoms with Gasteiger partial charge in [-0.1, -0.05) is 30.3 Å². The van der Waals surface area contributed by atoms with E-state index >= 15 is 0 Å². The van der Waals surface area contributed by atoms with Gasteiger partial charge in [0.2, 0.25) is 5.91 Å². The lowest BCUT2D eigenvalue weighted by molar-refractivity contribution is -0.123. The number of anilines is 2. The normalized spacial score (nSPS) is 12.0. The van der Waals surface area contributed by atoms with Crippen molar-refractivity contribution in [1.82, 2.24) is 9.69 Å². The van der Waals surface area contributed by atoms with E-state index in [0.29, 0.717) is 17.0 Å². The number of nitrogens with one attached hydrogen (secondary N) is 1. The van der Waals surface area contributed by atoms with Crippen molar-refractivity contribution in [2.75, 3.05) is 17.7 Å². The number of benzene rings is 2. The van der Waals surface area contributed by atoms with E-state index in [1.54, 1.807) is 61.7 Å². The molecule has 0 aliphatic heterocycles. The van der Waals surface area contributed by atoms with Crippen LogP contribution in [0.3, 0.4) is 0 Å². The molecule has 0 radical (unpaired) electrons. The van der Waals surface area contributed by atoms with E-state index in [0.717, 1.165) is 11.5 Å². The van der Waals surface area contributed by atoms with Crippen LogP contribution in [0.5, 0.6) is 5.75 Å². The number of aromatic nitrogens is 1. The Morgan fingerprint density at radius 1 is 1.06 bits per heavy atom. The highest BCUT2D eigenvalue weighted by molar-refractivity contribution is 7.09. The quantitative estimate of drug-likeness (QED) is 0.473. The number of nitrogen functional groups attached to an aromatic ring is 1. The Balaban J connectivity index is 2.20. The van der Waals surface area contributed by atoms with Crippen LogP contribution in [0, 0.1) is 0 Å². The number of para-hydroxylation sites is 1. The fraction of sp³-hybridized carbons (Fsp3) is 0.250. The maximum Gasteiger partial charge on any atom is 0.273 e. The average Bonchev–Trinajstić information content (AvgIpc) is 3.18. The van der Waals surface area contributed by atoms with E-state index in [9.17, 15) is 14.4 Å². The smallest absolute Gasteiger partial charge is 0.273 e. The van der Waals surface area contributed by atoms with E-state index in [-0.39, 0.29) is 16.3 Å². The molecule has 5 N–H and O–H groups in total. The van der Waals surface area contributed by atoms with Crippen LogP contribution in [-0.2, 0) is 4.79 Å². The molecule has 0 bridgehead atoms. The molecule has 0 aliphatic rings. The van der Waals surface area contributed by atoms with Crippen molar-refractivity contribution in [2.45, 2.75) is 32.4 Å². The fourth-order valence-corrected chi connectivity index (χ4v) is 4.09. The Labute approximate surface area is 201 Å². The molecule has 1 atom stereocenters. The van der Waals surface area contributed by atoms with Crippen molar-refractivity contribution in [2.24, 2.45) is 5.73 Å². The van der Waals surface area contributed by atoms with Crippen LogP contribution in [0.25, 0.3) is 0 Å². The number of hydrogen-bond acceptors (Lipinski definition) is 7. The van der Waals surface area contributed by atoms with E-state index in [2.05, 4.69) is 9.69 Å². The highest BCUT2D eigenvalue weighted by atomic mass is 32.1. The number of amides is 3. The molecule has 3 amide bonds. The van der Waals surface area contributed by atoms with Crippen LogP contribution in [-0.4, -0.2) is 34.7 Å². The van der Waals surface area contributed by atoms with Gasteiger partial charge in [-0.3, -0.25) is 19.3 Å². The van der Waals surface area contributed by atoms with Gasteiger partial charge in [-0.2, -0.15) is 4.37 Å². The topological polar surface area (TPSA) is 141 Å². The summed E-state index contributed by atoms with van der Waals surface area (Å²) >= 11 is 0.760. The lowest BCUT2D eigenvalue weighted by atomic mass is 10.00. The van der Waals surface area contributed by atoms with Crippen molar-refractivity contribution in [3.8, 4) is 5.75 Å². The molecule has 0 saturated heterocycles.